The number of carbonyl (C=O) groups excluding carboxylic acids is 1. The van der Waals surface area contributed by atoms with E-state index in [1.54, 1.807) is 53.3 Å². The maximum Gasteiger partial charge on any atom is 0.431 e. The number of para-hydroxylation sites is 2. The molecule has 0 amide bonds. The third-order valence-corrected chi connectivity index (χ3v) is 5.15. The lowest BCUT2D eigenvalue weighted by Gasteiger charge is -2.31. The molecule has 9 heteroatoms. The molecule has 0 fully saturated rings. The summed E-state index contributed by atoms with van der Waals surface area (Å²) in [5, 5.41) is 4.07. The van der Waals surface area contributed by atoms with E-state index in [1.165, 1.54) is 11.3 Å². The van der Waals surface area contributed by atoms with E-state index in [1.807, 2.05) is 0 Å². The number of aromatic nitrogens is 2. The number of anilines is 1. The average Bonchev–Trinajstić information content (AvgIpc) is 3.27. The molecule has 5 nitrogen and oxygen atoms in total. The molecule has 0 bridgehead atoms. The van der Waals surface area contributed by atoms with E-state index in [2.05, 4.69) is 10.3 Å². The number of carbonyl (C=O) groups is 1. The summed E-state index contributed by atoms with van der Waals surface area (Å²) in [4.78, 5) is 17.5. The quantitative estimate of drug-likeness (QED) is 0.666. The van der Waals surface area contributed by atoms with Crippen LogP contribution in [-0.4, -0.2) is 28.3 Å². The number of nitrogens with one attached hydrogen (secondary N) is 1. The van der Waals surface area contributed by atoms with Crippen molar-refractivity contribution in [1.29, 1.82) is 0 Å². The molecule has 0 radical (unpaired) electrons. The van der Waals surface area contributed by atoms with Crippen LogP contribution in [0.25, 0.3) is 11.0 Å². The summed E-state index contributed by atoms with van der Waals surface area (Å²) in [5.41, 5.74) is -0.445. The highest BCUT2D eigenvalue weighted by atomic mass is 32.1. The predicted molar refractivity (Wildman–Crippen MR) is 95.5 cm³/mol. The second kappa shape index (κ2) is 6.41. The van der Waals surface area contributed by atoms with Gasteiger partial charge in [-0.3, -0.25) is 4.57 Å². The van der Waals surface area contributed by atoms with Crippen LogP contribution in [0.5, 0.6) is 0 Å². The number of nitrogens with zero attached hydrogens (tertiary/aromatic N) is 2. The summed E-state index contributed by atoms with van der Waals surface area (Å²) in [7, 11) is 0. The summed E-state index contributed by atoms with van der Waals surface area (Å²) >= 11 is 1.27. The zero-order valence-electron chi connectivity index (χ0n) is 14.1. The standard InChI is InChI=1S/C18H14F3N3O2S/c1-2-26-16(25)13-14(12-8-5-9-27-12)24-11-7-4-3-6-10(11)22-17(24)23-15(13)18(19,20)21/h3-9,14H,2H2,1H3,(H,22,23). The zero-order valence-corrected chi connectivity index (χ0v) is 14.9. The molecule has 1 N–H and O–H groups in total. The Morgan fingerprint density at radius 3 is 2.74 bits per heavy atom. The predicted octanol–water partition coefficient (Wildman–Crippen LogP) is 4.49. The van der Waals surface area contributed by atoms with Crippen molar-refractivity contribution in [2.45, 2.75) is 19.1 Å². The minimum Gasteiger partial charge on any atom is -0.463 e. The van der Waals surface area contributed by atoms with Gasteiger partial charge in [0.25, 0.3) is 0 Å². The van der Waals surface area contributed by atoms with Crippen LogP contribution in [0.3, 0.4) is 0 Å². The van der Waals surface area contributed by atoms with Gasteiger partial charge in [-0.05, 0) is 30.5 Å². The molecule has 140 valence electrons. The number of allylic oxidation sites excluding steroid dienone is 1. The van der Waals surface area contributed by atoms with Crippen LogP contribution >= 0.6 is 11.3 Å². The Morgan fingerprint density at radius 2 is 2.07 bits per heavy atom. The second-order valence-corrected chi connectivity index (χ2v) is 6.82. The van der Waals surface area contributed by atoms with Crippen molar-refractivity contribution in [1.82, 2.24) is 9.55 Å². The highest BCUT2D eigenvalue weighted by molar-refractivity contribution is 7.10. The Labute approximate surface area is 156 Å². The lowest BCUT2D eigenvalue weighted by atomic mass is 10.00. The van der Waals surface area contributed by atoms with Crippen LogP contribution < -0.4 is 5.32 Å². The number of hydrogen-bond donors (Lipinski definition) is 1. The Kier molecular flexibility index (Phi) is 4.18. The number of halogens is 3. The van der Waals surface area contributed by atoms with E-state index in [9.17, 15) is 18.0 Å². The van der Waals surface area contributed by atoms with Crippen molar-refractivity contribution in [3.8, 4) is 0 Å². The monoisotopic (exact) mass is 393 g/mol. The van der Waals surface area contributed by atoms with Crippen molar-refractivity contribution < 1.29 is 22.7 Å². The first-order valence-electron chi connectivity index (χ1n) is 8.17. The third kappa shape index (κ3) is 2.87. The van der Waals surface area contributed by atoms with Crippen LogP contribution in [-0.2, 0) is 9.53 Å². The van der Waals surface area contributed by atoms with Crippen molar-refractivity contribution in [3.63, 3.8) is 0 Å². The first-order valence-corrected chi connectivity index (χ1v) is 9.05. The molecule has 0 saturated carbocycles. The maximum atomic E-state index is 13.8. The van der Waals surface area contributed by atoms with Crippen molar-refractivity contribution >= 4 is 34.3 Å². The Morgan fingerprint density at radius 1 is 1.30 bits per heavy atom. The van der Waals surface area contributed by atoms with Gasteiger partial charge in [-0.2, -0.15) is 13.2 Å². The molecule has 1 aliphatic rings. The highest BCUT2D eigenvalue weighted by Crippen LogP contribution is 2.44. The molecule has 3 heterocycles. The normalized spacial score (nSPS) is 17.0. The molecule has 0 saturated heterocycles. The number of esters is 1. The molecule has 1 atom stereocenters. The van der Waals surface area contributed by atoms with Gasteiger partial charge < -0.3 is 10.1 Å². The Bertz CT molecular complexity index is 1040. The van der Waals surface area contributed by atoms with Crippen LogP contribution in [0.1, 0.15) is 17.8 Å². The summed E-state index contributed by atoms with van der Waals surface area (Å²) < 4.78 is 48.0. The molecule has 27 heavy (non-hydrogen) atoms. The van der Waals surface area contributed by atoms with Crippen LogP contribution in [0.15, 0.2) is 53.0 Å². The fourth-order valence-electron chi connectivity index (χ4n) is 3.20. The Hall–Kier alpha value is -2.81. The molecule has 0 spiro atoms. The van der Waals surface area contributed by atoms with Crippen molar-refractivity contribution in [2.24, 2.45) is 0 Å². The van der Waals surface area contributed by atoms with E-state index in [0.29, 0.717) is 15.9 Å². The SMILES string of the molecule is CCOC(=O)C1=C(C(F)(F)F)Nc2nc3ccccc3n2C1c1cccs1. The number of imidazole rings is 1. The number of hydrogen-bond acceptors (Lipinski definition) is 5. The largest absolute Gasteiger partial charge is 0.463 e. The second-order valence-electron chi connectivity index (χ2n) is 5.84. The van der Waals surface area contributed by atoms with Crippen molar-refractivity contribution in [3.05, 3.63) is 57.9 Å². The molecule has 1 unspecified atom stereocenters. The van der Waals surface area contributed by atoms with E-state index in [0.717, 1.165) is 0 Å². The van der Waals surface area contributed by atoms with Gasteiger partial charge in [-0.15, -0.1) is 11.3 Å². The first kappa shape index (κ1) is 17.6. The fourth-order valence-corrected chi connectivity index (χ4v) is 4.02. The number of rotatable bonds is 3. The highest BCUT2D eigenvalue weighted by Gasteiger charge is 2.46. The molecule has 4 rings (SSSR count). The molecular weight excluding hydrogens is 379 g/mol. The van der Waals surface area contributed by atoms with E-state index >= 15 is 0 Å². The van der Waals surface area contributed by atoms with Crippen LogP contribution in [0, 0.1) is 0 Å². The van der Waals surface area contributed by atoms with Gasteiger partial charge in [0.2, 0.25) is 5.95 Å². The summed E-state index contributed by atoms with van der Waals surface area (Å²) in [5.74, 6) is -0.964. The number of fused-ring (bicyclic) bond motifs is 3. The minimum absolute atomic E-state index is 0.0256. The minimum atomic E-state index is -4.76. The lowest BCUT2D eigenvalue weighted by molar-refractivity contribution is -0.140. The van der Waals surface area contributed by atoms with Gasteiger partial charge in [-0.1, -0.05) is 18.2 Å². The van der Waals surface area contributed by atoms with Crippen LogP contribution in [0.2, 0.25) is 0 Å². The van der Waals surface area contributed by atoms with Gasteiger partial charge in [-0.25, -0.2) is 9.78 Å². The van der Waals surface area contributed by atoms with E-state index < -0.39 is 29.5 Å². The van der Waals surface area contributed by atoms with Gasteiger partial charge in [0.15, 0.2) is 0 Å². The first-order chi connectivity index (χ1) is 12.9. The van der Waals surface area contributed by atoms with Gasteiger partial charge in [0.05, 0.1) is 23.2 Å². The number of alkyl halides is 3. The topological polar surface area (TPSA) is 56.1 Å². The summed E-state index contributed by atoms with van der Waals surface area (Å²) in [6.07, 6.45) is -4.76. The zero-order chi connectivity index (χ0) is 19.2. The van der Waals surface area contributed by atoms with Crippen LogP contribution in [0.4, 0.5) is 19.1 Å². The fraction of sp³-hybridized carbons (Fsp3) is 0.222. The Balaban J connectivity index is 2.04. The average molecular weight is 393 g/mol. The van der Waals surface area contributed by atoms with Gasteiger partial charge in [0.1, 0.15) is 11.7 Å². The number of ether oxygens (including phenoxy) is 1. The molecule has 1 aliphatic heterocycles. The van der Waals surface area contributed by atoms with Gasteiger partial charge >= 0.3 is 12.1 Å². The number of benzene rings is 1. The molecule has 0 aliphatic carbocycles. The lowest BCUT2D eigenvalue weighted by Crippen LogP contribution is -2.34. The van der Waals surface area contributed by atoms with Gasteiger partial charge in [0, 0.05) is 4.88 Å². The molecular formula is C18H14F3N3O2S. The summed E-state index contributed by atoms with van der Waals surface area (Å²) in [6, 6.07) is 9.45. The summed E-state index contributed by atoms with van der Waals surface area (Å²) in [6.45, 7) is 1.53. The maximum absolute atomic E-state index is 13.8. The number of thiophene rings is 1. The molecule has 1 aromatic carbocycles. The smallest absolute Gasteiger partial charge is 0.431 e. The van der Waals surface area contributed by atoms with E-state index in [4.69, 9.17) is 4.74 Å². The van der Waals surface area contributed by atoms with E-state index in [-0.39, 0.29) is 12.6 Å². The molecule has 3 aromatic rings. The van der Waals surface area contributed by atoms with Crippen molar-refractivity contribution in [2.75, 3.05) is 11.9 Å². The third-order valence-electron chi connectivity index (χ3n) is 4.23. The molecule has 2 aromatic heterocycles.